The minimum absolute atomic E-state index is 0.0384. The van der Waals surface area contributed by atoms with Gasteiger partial charge in [-0.25, -0.2) is 0 Å². The fraction of sp³-hybridized carbons (Fsp3) is 0.794. The van der Waals surface area contributed by atoms with Crippen LogP contribution >= 0.6 is 0 Å². The Morgan fingerprint density at radius 1 is 0.488 bits per heavy atom. The van der Waals surface area contributed by atoms with Crippen LogP contribution in [0, 0.1) is 41.4 Å². The third-order valence-electron chi connectivity index (χ3n) is 16.4. The number of carbonyl (C=O) groups excluding carboxylic acids is 11. The number of aliphatic hydroxyl groups excluding tert-OH is 1. The van der Waals surface area contributed by atoms with Gasteiger partial charge < -0.3 is 61.1 Å². The number of rotatable bonds is 37. The molecular formula is C63H115N11O12. The first-order chi connectivity index (χ1) is 39.7. The fourth-order valence-electron chi connectivity index (χ4n) is 10.3. The molecular weight excluding hydrogens is 1100 g/mol. The van der Waals surface area contributed by atoms with E-state index in [9.17, 15) is 48.3 Å². The summed E-state index contributed by atoms with van der Waals surface area (Å²) in [5, 5.41) is 20.1. The molecule has 494 valence electrons. The zero-order valence-electron chi connectivity index (χ0n) is 57.0. The third kappa shape index (κ3) is 23.5. The Kier molecular flexibility index (Phi) is 34.9. The molecule has 0 heterocycles. The van der Waals surface area contributed by atoms with Crippen molar-refractivity contribution in [2.24, 2.45) is 47.2 Å². The lowest BCUT2D eigenvalue weighted by Crippen LogP contribution is -2.63. The molecule has 0 radical (unpaired) electrons. The number of amides is 11. The Hall–Kier alpha value is -6.13. The molecule has 0 aliphatic rings. The Balaban J connectivity index is 7.05. The average molecular weight is 1220 g/mol. The van der Waals surface area contributed by atoms with Crippen molar-refractivity contribution >= 4 is 65.0 Å². The molecule has 11 amide bonds. The first-order valence-corrected chi connectivity index (χ1v) is 31.0. The zero-order valence-corrected chi connectivity index (χ0v) is 57.0. The molecule has 86 heavy (non-hydrogen) atoms. The summed E-state index contributed by atoms with van der Waals surface area (Å²) in [5.74, 6) is -8.40. The van der Waals surface area contributed by atoms with Gasteiger partial charge in [-0.15, -0.1) is 0 Å². The molecule has 0 fully saturated rings. The maximum Gasteiger partial charge on any atom is 0.246 e. The van der Waals surface area contributed by atoms with Gasteiger partial charge in [0, 0.05) is 55.3 Å². The van der Waals surface area contributed by atoms with E-state index < -0.39 is 138 Å². The topological polar surface area (TPSA) is 293 Å². The Morgan fingerprint density at radius 3 is 1.38 bits per heavy atom. The number of aliphatic hydroxyl groups is 1. The highest BCUT2D eigenvalue weighted by Crippen LogP contribution is 2.25. The van der Waals surface area contributed by atoms with Crippen LogP contribution in [-0.2, 0) is 52.7 Å². The molecule has 0 aromatic heterocycles. The Labute approximate surface area is 516 Å². The quantitative estimate of drug-likeness (QED) is 0.0551. The standard InChI is InChI=1S/C63H115N11O12/c1-25-28-30-41(14)53(76)52(57(80)67-45(27-3)60(83)68(18)35-50(75)69(19)46(54(64)77)31-29-26-2)74(24)63(86)51(40(12)13)73(23)62(85)49(34-38(8)9)72(22)61(84)48(33-37(6)7)71(21)59(82)44(17)66-55(78)43(16)65-56(79)47(32-36(4)5)70(20)58(81)42(15)39(10)11/h25,28,36-49,51-53,76H,26-27,29-35H2,1-24H3,(H2,64,77)(H,65,79)(H,66,78)(H,67,80)/b28-25+/t41-,42-,43-,44+,45-,46+,47+,48+,49-,51+,52?,53+/m1/s1. The van der Waals surface area contributed by atoms with Gasteiger partial charge >= 0.3 is 0 Å². The highest BCUT2D eigenvalue weighted by atomic mass is 16.3. The lowest BCUT2D eigenvalue weighted by Gasteiger charge is -2.41. The van der Waals surface area contributed by atoms with E-state index in [1.54, 1.807) is 53.8 Å². The van der Waals surface area contributed by atoms with Gasteiger partial charge in [-0.1, -0.05) is 122 Å². The van der Waals surface area contributed by atoms with E-state index in [0.29, 0.717) is 25.7 Å². The van der Waals surface area contributed by atoms with Crippen LogP contribution in [0.5, 0.6) is 0 Å². The second-order valence-electron chi connectivity index (χ2n) is 25.8. The normalized spacial score (nSPS) is 15.9. The smallest absolute Gasteiger partial charge is 0.246 e. The van der Waals surface area contributed by atoms with Gasteiger partial charge in [0.05, 0.1) is 12.6 Å². The van der Waals surface area contributed by atoms with Gasteiger partial charge in [0.1, 0.15) is 54.4 Å². The average Bonchev–Trinajstić information content (AvgIpc) is 2.29. The van der Waals surface area contributed by atoms with Crippen LogP contribution in [0.2, 0.25) is 0 Å². The molecule has 23 heteroatoms. The molecule has 0 aromatic rings. The summed E-state index contributed by atoms with van der Waals surface area (Å²) in [5.41, 5.74) is 5.62. The number of unbranched alkanes of at least 4 members (excludes halogenated alkanes) is 1. The zero-order chi connectivity index (χ0) is 67.1. The van der Waals surface area contributed by atoms with E-state index in [-0.39, 0.29) is 54.8 Å². The van der Waals surface area contributed by atoms with Crippen molar-refractivity contribution in [3.05, 3.63) is 12.2 Å². The SMILES string of the molecule is C/C=C/C[C@@H](C)[C@H](O)C(C(=O)N[C@H](CC)C(=O)N(C)CC(=O)N(C)[C@@H](CCCC)C(N)=O)N(C)C(=O)[C@H](C(C)C)N(C)C(=O)[C@@H](CC(C)C)N(C)C(=O)[C@H](CC(C)C)N(C)C(=O)[C@H](C)NC(=O)[C@@H](C)NC(=O)[C@H](CC(C)C)N(C)C(=O)[C@H](C)C(C)C. The van der Waals surface area contributed by atoms with Crippen LogP contribution in [-0.4, -0.2) is 221 Å². The number of primary amides is 1. The van der Waals surface area contributed by atoms with Crippen LogP contribution in [0.15, 0.2) is 12.2 Å². The molecule has 0 aromatic carbocycles. The lowest BCUT2D eigenvalue weighted by atomic mass is 9.91. The molecule has 0 saturated carbocycles. The lowest BCUT2D eigenvalue weighted by molar-refractivity contribution is -0.157. The van der Waals surface area contributed by atoms with Gasteiger partial charge in [-0.2, -0.15) is 0 Å². The molecule has 0 aliphatic heterocycles. The minimum atomic E-state index is -1.60. The van der Waals surface area contributed by atoms with E-state index in [0.717, 1.165) is 16.2 Å². The second kappa shape index (κ2) is 37.5. The van der Waals surface area contributed by atoms with Crippen molar-refractivity contribution in [1.29, 1.82) is 0 Å². The highest BCUT2D eigenvalue weighted by molar-refractivity contribution is 5.98. The van der Waals surface area contributed by atoms with Gasteiger partial charge in [0.25, 0.3) is 0 Å². The van der Waals surface area contributed by atoms with Crippen molar-refractivity contribution in [2.45, 2.75) is 230 Å². The largest absolute Gasteiger partial charge is 0.390 e. The number of nitrogens with two attached hydrogens (primary N) is 1. The summed E-state index contributed by atoms with van der Waals surface area (Å²) in [6, 6.07) is -10.4. The Morgan fingerprint density at radius 2 is 0.942 bits per heavy atom. The number of carbonyl (C=O) groups is 11. The molecule has 0 rings (SSSR count). The predicted octanol–water partition coefficient (Wildman–Crippen LogP) is 4.04. The van der Waals surface area contributed by atoms with Crippen LogP contribution in [0.4, 0.5) is 0 Å². The predicted molar refractivity (Wildman–Crippen MR) is 335 cm³/mol. The summed E-state index contributed by atoms with van der Waals surface area (Å²) in [7, 11) is 10.1. The van der Waals surface area contributed by atoms with Crippen LogP contribution < -0.4 is 21.7 Å². The van der Waals surface area contributed by atoms with E-state index in [2.05, 4.69) is 16.0 Å². The summed E-state index contributed by atoms with van der Waals surface area (Å²) in [6.07, 6.45) is 4.89. The number of hydrogen-bond acceptors (Lipinski definition) is 12. The van der Waals surface area contributed by atoms with Crippen molar-refractivity contribution in [3.8, 4) is 0 Å². The van der Waals surface area contributed by atoms with E-state index in [4.69, 9.17) is 5.73 Å². The summed E-state index contributed by atoms with van der Waals surface area (Å²) >= 11 is 0. The monoisotopic (exact) mass is 1220 g/mol. The minimum Gasteiger partial charge on any atom is -0.390 e. The number of likely N-dealkylation sites (N-methyl/N-ethyl adjacent to an activating group) is 7. The number of hydrogen-bond donors (Lipinski definition) is 5. The van der Waals surface area contributed by atoms with Gasteiger partial charge in [0.15, 0.2) is 0 Å². The molecule has 0 spiro atoms. The van der Waals surface area contributed by atoms with Gasteiger partial charge in [-0.3, -0.25) is 52.7 Å². The number of nitrogens with one attached hydrogen (secondary N) is 3. The highest BCUT2D eigenvalue weighted by Gasteiger charge is 2.45. The van der Waals surface area contributed by atoms with E-state index in [1.807, 2.05) is 69.2 Å². The van der Waals surface area contributed by atoms with Crippen LogP contribution in [0.3, 0.4) is 0 Å². The van der Waals surface area contributed by atoms with Gasteiger partial charge in [0.2, 0.25) is 65.0 Å². The third-order valence-corrected chi connectivity index (χ3v) is 16.4. The molecule has 12 atom stereocenters. The first-order valence-electron chi connectivity index (χ1n) is 31.0. The molecule has 0 bridgehead atoms. The van der Waals surface area contributed by atoms with Crippen molar-refractivity contribution in [1.82, 2.24) is 50.2 Å². The molecule has 23 nitrogen and oxygen atoms in total. The second-order valence-corrected chi connectivity index (χ2v) is 25.8. The van der Waals surface area contributed by atoms with Gasteiger partial charge in [-0.05, 0) is 94.8 Å². The summed E-state index contributed by atoms with van der Waals surface area (Å²) < 4.78 is 0. The molecule has 0 aliphatic carbocycles. The number of allylic oxidation sites excluding steroid dienone is 2. The Bertz CT molecular complexity index is 2290. The maximum absolute atomic E-state index is 15.1. The van der Waals surface area contributed by atoms with Crippen molar-refractivity contribution in [3.63, 3.8) is 0 Å². The summed E-state index contributed by atoms with van der Waals surface area (Å²) in [4.78, 5) is 163. The van der Waals surface area contributed by atoms with Crippen molar-refractivity contribution in [2.75, 3.05) is 55.9 Å². The molecule has 0 saturated heterocycles. The van der Waals surface area contributed by atoms with E-state index in [1.165, 1.54) is 80.6 Å². The van der Waals surface area contributed by atoms with E-state index >= 15 is 9.59 Å². The summed E-state index contributed by atoms with van der Waals surface area (Å²) in [6.45, 7) is 30.1. The molecule has 1 unspecified atom stereocenters. The van der Waals surface area contributed by atoms with Crippen LogP contribution in [0.1, 0.15) is 169 Å². The van der Waals surface area contributed by atoms with Crippen molar-refractivity contribution < 1.29 is 57.8 Å². The maximum atomic E-state index is 15.1. The fourth-order valence-corrected chi connectivity index (χ4v) is 10.3. The number of nitrogens with zero attached hydrogens (tertiary/aromatic N) is 7. The molecule has 6 N–H and O–H groups in total. The first kappa shape index (κ1) is 79.9. The van der Waals surface area contributed by atoms with Crippen LogP contribution in [0.25, 0.3) is 0 Å².